The Morgan fingerprint density at radius 3 is 2.61 bits per heavy atom. The molecule has 1 N–H and O–H groups in total. The van der Waals surface area contributed by atoms with E-state index in [-0.39, 0.29) is 12.1 Å². The Morgan fingerprint density at radius 1 is 1.21 bits per heavy atom. The molecule has 2 aliphatic heterocycles. The number of halogens is 1. The standard InChI is InChI=1S/C25H26ClN3O3S/c1-15-13-25(2,3)28(4)20-10-5-16(11-19(15)20)12-21-23(31)29(24(32)33-21)14-22(30)27-18-8-6-17(26)7-9-18/h5-12,15H,13-14H2,1-4H3,(H,27,30)/b21-12-/t15-/m0/s1. The Kier molecular flexibility index (Phi) is 6.29. The first kappa shape index (κ1) is 23.4. The van der Waals surface area contributed by atoms with Crippen molar-refractivity contribution in [2.24, 2.45) is 0 Å². The van der Waals surface area contributed by atoms with E-state index in [0.29, 0.717) is 21.5 Å². The van der Waals surface area contributed by atoms with Crippen LogP contribution in [0, 0.1) is 0 Å². The summed E-state index contributed by atoms with van der Waals surface area (Å²) in [7, 11) is 2.10. The van der Waals surface area contributed by atoms with Crippen LogP contribution in [-0.2, 0) is 9.59 Å². The Balaban J connectivity index is 1.49. The van der Waals surface area contributed by atoms with Crippen molar-refractivity contribution in [3.8, 4) is 0 Å². The molecule has 0 aliphatic carbocycles. The fourth-order valence-electron chi connectivity index (χ4n) is 4.35. The largest absolute Gasteiger partial charge is 0.369 e. The summed E-state index contributed by atoms with van der Waals surface area (Å²) in [5.41, 5.74) is 3.89. The van der Waals surface area contributed by atoms with E-state index in [1.165, 1.54) is 11.3 Å². The number of hydrogen-bond donors (Lipinski definition) is 1. The zero-order chi connectivity index (χ0) is 23.9. The van der Waals surface area contributed by atoms with Gasteiger partial charge in [0.1, 0.15) is 6.54 Å². The minimum atomic E-state index is -0.458. The number of nitrogens with one attached hydrogen (secondary N) is 1. The zero-order valence-corrected chi connectivity index (χ0v) is 20.6. The summed E-state index contributed by atoms with van der Waals surface area (Å²) in [4.78, 5) is 41.2. The first-order valence-corrected chi connectivity index (χ1v) is 11.9. The van der Waals surface area contributed by atoms with Crippen molar-refractivity contribution in [1.82, 2.24) is 4.90 Å². The summed E-state index contributed by atoms with van der Waals surface area (Å²) >= 11 is 6.71. The third-order valence-electron chi connectivity index (χ3n) is 6.26. The number of amides is 3. The number of benzene rings is 2. The van der Waals surface area contributed by atoms with Crippen molar-refractivity contribution in [2.75, 3.05) is 23.8 Å². The van der Waals surface area contributed by atoms with Crippen molar-refractivity contribution in [3.63, 3.8) is 0 Å². The summed E-state index contributed by atoms with van der Waals surface area (Å²) in [6.07, 6.45) is 2.76. The first-order chi connectivity index (χ1) is 15.5. The maximum Gasteiger partial charge on any atom is 0.294 e. The first-order valence-electron chi connectivity index (χ1n) is 10.7. The summed E-state index contributed by atoms with van der Waals surface area (Å²) in [6, 6.07) is 12.7. The molecular weight excluding hydrogens is 458 g/mol. The zero-order valence-electron chi connectivity index (χ0n) is 19.0. The number of thioether (sulfide) groups is 1. The normalized spacial score (nSPS) is 20.9. The van der Waals surface area contributed by atoms with Crippen molar-refractivity contribution in [1.29, 1.82) is 0 Å². The number of hydrogen-bond acceptors (Lipinski definition) is 5. The number of anilines is 2. The van der Waals surface area contributed by atoms with Crippen LogP contribution in [0.25, 0.3) is 6.08 Å². The highest BCUT2D eigenvalue weighted by Gasteiger charge is 2.37. The van der Waals surface area contributed by atoms with E-state index < -0.39 is 17.1 Å². The van der Waals surface area contributed by atoms with Gasteiger partial charge in [0.25, 0.3) is 11.1 Å². The van der Waals surface area contributed by atoms with E-state index in [9.17, 15) is 14.4 Å². The van der Waals surface area contributed by atoms with Gasteiger partial charge in [0.2, 0.25) is 5.91 Å². The highest BCUT2D eigenvalue weighted by atomic mass is 35.5. The molecule has 33 heavy (non-hydrogen) atoms. The van der Waals surface area contributed by atoms with Crippen molar-refractivity contribution < 1.29 is 14.4 Å². The van der Waals surface area contributed by atoms with E-state index >= 15 is 0 Å². The van der Waals surface area contributed by atoms with Crippen LogP contribution < -0.4 is 10.2 Å². The van der Waals surface area contributed by atoms with E-state index in [1.807, 2.05) is 6.07 Å². The van der Waals surface area contributed by atoms with Crippen LogP contribution in [0.4, 0.5) is 16.2 Å². The number of fused-ring (bicyclic) bond motifs is 1. The van der Waals surface area contributed by atoms with Gasteiger partial charge in [-0.1, -0.05) is 24.6 Å². The van der Waals surface area contributed by atoms with Gasteiger partial charge in [-0.25, -0.2) is 0 Å². The lowest BCUT2D eigenvalue weighted by molar-refractivity contribution is -0.127. The average molecular weight is 484 g/mol. The molecule has 8 heteroatoms. The van der Waals surface area contributed by atoms with E-state index in [4.69, 9.17) is 11.6 Å². The summed E-state index contributed by atoms with van der Waals surface area (Å²) in [5, 5.41) is 2.77. The predicted molar refractivity (Wildman–Crippen MR) is 135 cm³/mol. The topological polar surface area (TPSA) is 69.7 Å². The predicted octanol–water partition coefficient (Wildman–Crippen LogP) is 5.74. The van der Waals surface area contributed by atoms with Gasteiger partial charge in [0, 0.05) is 29.0 Å². The van der Waals surface area contributed by atoms with E-state index in [0.717, 1.165) is 28.6 Å². The SMILES string of the molecule is C[C@H]1CC(C)(C)N(C)c2ccc(/C=C3\SC(=O)N(CC(=O)Nc4ccc(Cl)cc4)C3=O)cc21. The number of carbonyl (C=O) groups is 3. The number of nitrogens with zero attached hydrogens (tertiary/aromatic N) is 2. The van der Waals surface area contributed by atoms with E-state index in [2.05, 4.69) is 50.2 Å². The Bertz CT molecular complexity index is 1160. The van der Waals surface area contributed by atoms with Gasteiger partial charge in [-0.05, 0) is 91.5 Å². The molecule has 1 fully saturated rings. The molecule has 0 bridgehead atoms. The summed E-state index contributed by atoms with van der Waals surface area (Å²) in [5.74, 6) is -0.527. The lowest BCUT2D eigenvalue weighted by Crippen LogP contribution is -2.45. The van der Waals surface area contributed by atoms with E-state index in [1.54, 1.807) is 30.3 Å². The molecule has 6 nitrogen and oxygen atoms in total. The number of imide groups is 1. The third kappa shape index (κ3) is 4.80. The van der Waals surface area contributed by atoms with Crippen LogP contribution in [0.1, 0.15) is 44.2 Å². The second-order valence-electron chi connectivity index (χ2n) is 9.12. The van der Waals surface area contributed by atoms with Crippen molar-refractivity contribution in [2.45, 2.75) is 38.6 Å². The Hall–Kier alpha value is -2.77. The average Bonchev–Trinajstić information content (AvgIpc) is 3.01. The highest BCUT2D eigenvalue weighted by Crippen LogP contribution is 2.43. The molecule has 1 saturated heterocycles. The molecule has 2 aromatic carbocycles. The molecular formula is C25H26ClN3O3S. The molecule has 0 radical (unpaired) electrons. The number of rotatable bonds is 4. The summed E-state index contributed by atoms with van der Waals surface area (Å²) < 4.78 is 0. The van der Waals surface area contributed by atoms with Crippen LogP contribution in [0.2, 0.25) is 5.02 Å². The fraction of sp³-hybridized carbons (Fsp3) is 0.320. The molecule has 0 saturated carbocycles. The van der Waals surface area contributed by atoms with Crippen LogP contribution >= 0.6 is 23.4 Å². The highest BCUT2D eigenvalue weighted by molar-refractivity contribution is 8.18. The number of carbonyl (C=O) groups excluding carboxylic acids is 3. The summed E-state index contributed by atoms with van der Waals surface area (Å²) in [6.45, 7) is 6.34. The third-order valence-corrected chi connectivity index (χ3v) is 7.42. The lowest BCUT2D eigenvalue weighted by atomic mass is 9.80. The maximum atomic E-state index is 12.9. The van der Waals surface area contributed by atoms with Crippen molar-refractivity contribution >= 4 is 57.9 Å². The van der Waals surface area contributed by atoms with Crippen LogP contribution in [-0.4, -0.2) is 41.1 Å². The minimum absolute atomic E-state index is 0.0726. The second kappa shape index (κ2) is 8.88. The van der Waals surface area contributed by atoms with Gasteiger partial charge >= 0.3 is 0 Å². The fourth-order valence-corrected chi connectivity index (χ4v) is 5.31. The molecule has 172 valence electrons. The minimum Gasteiger partial charge on any atom is -0.369 e. The Labute approximate surface area is 203 Å². The molecule has 0 aromatic heterocycles. The molecule has 2 heterocycles. The molecule has 3 amide bonds. The van der Waals surface area contributed by atoms with Crippen molar-refractivity contribution in [3.05, 3.63) is 63.5 Å². The van der Waals surface area contributed by atoms with Crippen LogP contribution in [0.15, 0.2) is 47.4 Å². The quantitative estimate of drug-likeness (QED) is 0.562. The molecule has 2 aromatic rings. The van der Waals surface area contributed by atoms with Gasteiger partial charge in [-0.3, -0.25) is 19.3 Å². The Morgan fingerprint density at radius 2 is 1.91 bits per heavy atom. The molecule has 0 spiro atoms. The maximum absolute atomic E-state index is 12.9. The molecule has 0 unspecified atom stereocenters. The molecule has 1 atom stereocenters. The lowest BCUT2D eigenvalue weighted by Gasteiger charge is -2.45. The smallest absolute Gasteiger partial charge is 0.294 e. The van der Waals surface area contributed by atoms with Gasteiger partial charge in [-0.2, -0.15) is 0 Å². The monoisotopic (exact) mass is 483 g/mol. The second-order valence-corrected chi connectivity index (χ2v) is 10.5. The van der Waals surface area contributed by atoms with Crippen LogP contribution in [0.5, 0.6) is 0 Å². The van der Waals surface area contributed by atoms with Gasteiger partial charge in [0.05, 0.1) is 4.91 Å². The molecule has 4 rings (SSSR count). The van der Waals surface area contributed by atoms with Gasteiger partial charge in [-0.15, -0.1) is 0 Å². The van der Waals surface area contributed by atoms with Gasteiger partial charge < -0.3 is 10.2 Å². The van der Waals surface area contributed by atoms with Crippen LogP contribution in [0.3, 0.4) is 0 Å². The molecule has 2 aliphatic rings. The van der Waals surface area contributed by atoms with Gasteiger partial charge in [0.15, 0.2) is 0 Å².